The molecule has 0 spiro atoms. The molecule has 42 heavy (non-hydrogen) atoms. The van der Waals surface area contributed by atoms with Gasteiger partial charge in [-0.15, -0.1) is 0 Å². The number of ether oxygens (including phenoxy) is 2. The van der Waals surface area contributed by atoms with Gasteiger partial charge in [-0.05, 0) is 61.0 Å². The maximum Gasteiger partial charge on any atom is 0.308 e. The van der Waals surface area contributed by atoms with Crippen LogP contribution in [0.3, 0.4) is 0 Å². The van der Waals surface area contributed by atoms with E-state index in [1.807, 2.05) is 31.2 Å². The van der Waals surface area contributed by atoms with Gasteiger partial charge >= 0.3 is 4.87 Å². The van der Waals surface area contributed by atoms with E-state index in [0.29, 0.717) is 32.8 Å². The molecule has 1 saturated heterocycles. The Balaban J connectivity index is 1.40. The zero-order valence-electron chi connectivity index (χ0n) is 23.0. The summed E-state index contributed by atoms with van der Waals surface area (Å²) in [6.45, 7) is 1.74. The van der Waals surface area contributed by atoms with E-state index in [-0.39, 0.29) is 29.1 Å². The summed E-state index contributed by atoms with van der Waals surface area (Å²) in [5, 5.41) is 2.59. The highest BCUT2D eigenvalue weighted by Gasteiger charge is 2.56. The first kappa shape index (κ1) is 27.8. The van der Waals surface area contributed by atoms with E-state index in [0.717, 1.165) is 22.5 Å². The Morgan fingerprint density at radius 3 is 2.10 bits per heavy atom. The van der Waals surface area contributed by atoms with Crippen LogP contribution in [0.4, 0.5) is 11.4 Å². The average Bonchev–Trinajstić information content (AvgIpc) is 3.44. The number of carbonyl (C=O) groups excluding carboxylic acids is 3. The van der Waals surface area contributed by atoms with Crippen LogP contribution in [0.2, 0.25) is 0 Å². The third-order valence-electron chi connectivity index (χ3n) is 7.49. The van der Waals surface area contributed by atoms with Gasteiger partial charge in [0.15, 0.2) is 0 Å². The molecule has 2 aliphatic heterocycles. The van der Waals surface area contributed by atoms with Crippen LogP contribution in [0.1, 0.15) is 21.9 Å². The van der Waals surface area contributed by atoms with E-state index in [1.165, 1.54) is 21.2 Å². The summed E-state index contributed by atoms with van der Waals surface area (Å²) in [7, 11) is 3.12. The minimum atomic E-state index is -0.778. The summed E-state index contributed by atoms with van der Waals surface area (Å²) < 4.78 is 12.0. The predicted octanol–water partition coefficient (Wildman–Crippen LogP) is 4.67. The third-order valence-corrected chi connectivity index (χ3v) is 10.1. The molecule has 9 nitrogen and oxygen atoms in total. The third kappa shape index (κ3) is 4.88. The molecule has 3 aromatic carbocycles. The second-order valence-electron chi connectivity index (χ2n) is 10.1. The van der Waals surface area contributed by atoms with Crippen molar-refractivity contribution in [2.75, 3.05) is 24.4 Å². The molecule has 3 atom stereocenters. The van der Waals surface area contributed by atoms with Gasteiger partial charge < -0.3 is 14.8 Å². The second-order valence-corrected chi connectivity index (χ2v) is 12.2. The van der Waals surface area contributed by atoms with Gasteiger partial charge in [-0.25, -0.2) is 4.90 Å². The lowest BCUT2D eigenvalue weighted by atomic mass is 9.83. The Bertz CT molecular complexity index is 1730. The van der Waals surface area contributed by atoms with Crippen LogP contribution in [0.15, 0.2) is 82.6 Å². The molecule has 1 fully saturated rings. The zero-order valence-corrected chi connectivity index (χ0v) is 24.7. The number of thiazole rings is 1. The normalized spacial score (nSPS) is 19.3. The number of benzene rings is 3. The number of nitrogens with zero attached hydrogens (tertiary/aromatic N) is 2. The molecule has 11 heteroatoms. The first-order valence-electron chi connectivity index (χ1n) is 13.2. The first-order valence-corrected chi connectivity index (χ1v) is 14.9. The van der Waals surface area contributed by atoms with Crippen LogP contribution in [-0.2, 0) is 20.9 Å². The molecule has 3 amide bonds. The number of amides is 3. The Morgan fingerprint density at radius 1 is 0.857 bits per heavy atom. The van der Waals surface area contributed by atoms with Crippen molar-refractivity contribution in [1.82, 2.24) is 4.57 Å². The highest BCUT2D eigenvalue weighted by Crippen LogP contribution is 2.54. The summed E-state index contributed by atoms with van der Waals surface area (Å²) in [6.07, 6.45) is 0. The van der Waals surface area contributed by atoms with Crippen molar-refractivity contribution in [3.8, 4) is 11.5 Å². The van der Waals surface area contributed by atoms with Crippen LogP contribution >= 0.6 is 23.1 Å². The Kier molecular flexibility index (Phi) is 7.38. The van der Waals surface area contributed by atoms with Gasteiger partial charge in [0, 0.05) is 16.5 Å². The monoisotopic (exact) mass is 601 g/mol. The fraction of sp³-hybridized carbons (Fsp3) is 0.226. The van der Waals surface area contributed by atoms with Crippen molar-refractivity contribution in [3.63, 3.8) is 0 Å². The van der Waals surface area contributed by atoms with Gasteiger partial charge in [-0.1, -0.05) is 52.9 Å². The maximum absolute atomic E-state index is 14.0. The topological polar surface area (TPSA) is 107 Å². The van der Waals surface area contributed by atoms with E-state index < -0.39 is 17.1 Å². The lowest BCUT2D eigenvalue weighted by Gasteiger charge is -2.30. The minimum absolute atomic E-state index is 0.220. The SMILES string of the molecule is COc1ccc([C@H]2c3sc(=O)n(CC(=O)Nc4ccc(C)cc4)c3SC3C(=O)N(c4ccc(OC)cc4)C(=O)C32)cc1. The molecule has 3 heterocycles. The Hall–Kier alpha value is -4.35. The fourth-order valence-corrected chi connectivity index (χ4v) is 8.17. The fourth-order valence-electron chi connectivity index (χ4n) is 5.39. The molecule has 1 aromatic heterocycles. The number of anilines is 2. The van der Waals surface area contributed by atoms with Crippen LogP contribution in [0.25, 0.3) is 0 Å². The predicted molar refractivity (Wildman–Crippen MR) is 162 cm³/mol. The van der Waals surface area contributed by atoms with Crippen LogP contribution < -0.4 is 24.6 Å². The molecule has 214 valence electrons. The maximum atomic E-state index is 14.0. The molecule has 2 aliphatic rings. The quantitative estimate of drug-likeness (QED) is 0.307. The van der Waals surface area contributed by atoms with E-state index in [2.05, 4.69) is 5.32 Å². The van der Waals surface area contributed by atoms with Gasteiger partial charge in [0.05, 0.1) is 30.9 Å². The first-order chi connectivity index (χ1) is 20.3. The highest BCUT2D eigenvalue weighted by molar-refractivity contribution is 8.00. The van der Waals surface area contributed by atoms with Crippen LogP contribution in [-0.4, -0.2) is 41.8 Å². The van der Waals surface area contributed by atoms with Crippen molar-refractivity contribution >= 4 is 52.2 Å². The lowest BCUT2D eigenvalue weighted by Crippen LogP contribution is -2.33. The van der Waals surface area contributed by atoms with E-state index in [4.69, 9.17) is 9.47 Å². The Morgan fingerprint density at radius 2 is 1.48 bits per heavy atom. The molecule has 6 rings (SSSR count). The van der Waals surface area contributed by atoms with E-state index in [1.54, 1.807) is 62.8 Å². The van der Waals surface area contributed by atoms with Crippen molar-refractivity contribution in [2.45, 2.75) is 29.7 Å². The number of fused-ring (bicyclic) bond motifs is 2. The number of hydrogen-bond donors (Lipinski definition) is 1. The standard InChI is InChI=1S/C31H27N3O6S2/c1-17-4-8-19(9-5-17)32-23(35)16-33-30-27(42-31(33)38)24(18-6-12-21(39-2)13-7-18)25-26(41-30)29(37)34(28(25)36)20-10-14-22(40-3)15-11-20/h4-15,24-26H,16H2,1-3H3,(H,32,35)/t24-,25?,26?/m1/s1. The largest absolute Gasteiger partial charge is 0.497 e. The number of aromatic nitrogens is 1. The molecule has 0 saturated carbocycles. The number of hydrogen-bond acceptors (Lipinski definition) is 8. The molecule has 0 aliphatic carbocycles. The Labute approximate surface area is 250 Å². The van der Waals surface area contributed by atoms with Crippen LogP contribution in [0, 0.1) is 12.8 Å². The van der Waals surface area contributed by atoms with Crippen LogP contribution in [0.5, 0.6) is 11.5 Å². The number of carbonyl (C=O) groups is 3. The van der Waals surface area contributed by atoms with Crippen molar-refractivity contribution in [2.24, 2.45) is 5.92 Å². The number of nitrogens with one attached hydrogen (secondary N) is 1. The molecular weight excluding hydrogens is 574 g/mol. The van der Waals surface area contributed by atoms with Gasteiger partial charge in [0.2, 0.25) is 17.7 Å². The van der Waals surface area contributed by atoms with E-state index >= 15 is 0 Å². The average molecular weight is 602 g/mol. The van der Waals surface area contributed by atoms with Crippen molar-refractivity contribution < 1.29 is 23.9 Å². The molecule has 2 unspecified atom stereocenters. The molecule has 0 radical (unpaired) electrons. The van der Waals surface area contributed by atoms with Gasteiger partial charge in [0.25, 0.3) is 0 Å². The summed E-state index contributed by atoms with van der Waals surface area (Å²) in [6, 6.07) is 21.4. The smallest absolute Gasteiger partial charge is 0.308 e. The molecule has 1 N–H and O–H groups in total. The van der Waals surface area contributed by atoms with Crippen molar-refractivity contribution in [1.29, 1.82) is 0 Å². The summed E-state index contributed by atoms with van der Waals surface area (Å²) >= 11 is 2.19. The van der Waals surface area contributed by atoms with Gasteiger partial charge in [-0.3, -0.25) is 23.7 Å². The zero-order chi connectivity index (χ0) is 29.5. The number of imide groups is 1. The van der Waals surface area contributed by atoms with Gasteiger partial charge in [0.1, 0.15) is 23.3 Å². The number of rotatable bonds is 7. The number of methoxy groups -OCH3 is 2. The minimum Gasteiger partial charge on any atom is -0.497 e. The molecule has 0 bridgehead atoms. The number of aryl methyl sites for hydroxylation is 1. The number of thioether (sulfide) groups is 1. The second kappa shape index (κ2) is 11.1. The highest BCUT2D eigenvalue weighted by atomic mass is 32.2. The molecule has 4 aromatic rings. The summed E-state index contributed by atoms with van der Waals surface area (Å²) in [5.41, 5.74) is 2.92. The summed E-state index contributed by atoms with van der Waals surface area (Å²) in [5.74, 6) is -1.10. The summed E-state index contributed by atoms with van der Waals surface area (Å²) in [4.78, 5) is 55.8. The lowest BCUT2D eigenvalue weighted by molar-refractivity contribution is -0.122. The van der Waals surface area contributed by atoms with E-state index in [9.17, 15) is 19.2 Å². The molecular formula is C31H27N3O6S2. The van der Waals surface area contributed by atoms with Gasteiger partial charge in [-0.2, -0.15) is 0 Å². The van der Waals surface area contributed by atoms with Crippen molar-refractivity contribution in [3.05, 3.63) is 98.5 Å².